The summed E-state index contributed by atoms with van der Waals surface area (Å²) in [4.78, 5) is 2.27. The Morgan fingerprint density at radius 1 is 1.11 bits per heavy atom. The molecule has 0 aromatic heterocycles. The van der Waals surface area contributed by atoms with Crippen LogP contribution in [0.3, 0.4) is 0 Å². The second kappa shape index (κ2) is 9.32. The normalized spacial score (nSPS) is 17.4. The molecule has 1 atom stereocenters. The van der Waals surface area contributed by atoms with Gasteiger partial charge in [0.2, 0.25) is 10.0 Å². The van der Waals surface area contributed by atoms with E-state index in [2.05, 4.69) is 15.9 Å². The Morgan fingerprint density at radius 3 is 2.43 bits per heavy atom. The zero-order valence-corrected chi connectivity index (χ0v) is 17.6. The van der Waals surface area contributed by atoms with Gasteiger partial charge in [-0.15, -0.1) is 0 Å². The standard InChI is InChI=1S/C19H22BrFN2O4S/c20-15-2-1-3-19(12-15)28(25,26)23-10-8-22(9-11-23)13-17(24)14-27-18-6-4-16(21)5-7-18/h1-7,12,17,24H,8-11,13-14H2. The van der Waals surface area contributed by atoms with E-state index in [9.17, 15) is 17.9 Å². The molecule has 1 unspecified atom stereocenters. The molecule has 0 aliphatic carbocycles. The van der Waals surface area contributed by atoms with Gasteiger partial charge in [0, 0.05) is 37.2 Å². The van der Waals surface area contributed by atoms with Crippen LogP contribution in [0.5, 0.6) is 5.75 Å². The first-order valence-corrected chi connectivity index (χ1v) is 11.1. The lowest BCUT2D eigenvalue weighted by Gasteiger charge is -2.34. The molecule has 152 valence electrons. The van der Waals surface area contributed by atoms with Crippen molar-refractivity contribution >= 4 is 26.0 Å². The summed E-state index contributed by atoms with van der Waals surface area (Å²) in [6, 6.07) is 12.3. The molecule has 0 spiro atoms. The SMILES string of the molecule is O=S(=O)(c1cccc(Br)c1)N1CCN(CC(O)COc2ccc(F)cc2)CC1. The summed E-state index contributed by atoms with van der Waals surface area (Å²) in [5.41, 5.74) is 0. The van der Waals surface area contributed by atoms with E-state index in [4.69, 9.17) is 4.74 Å². The predicted molar refractivity (Wildman–Crippen MR) is 107 cm³/mol. The molecule has 1 aliphatic heterocycles. The fourth-order valence-electron chi connectivity index (χ4n) is 3.00. The van der Waals surface area contributed by atoms with Gasteiger partial charge in [-0.25, -0.2) is 12.8 Å². The molecule has 2 aromatic carbocycles. The highest BCUT2D eigenvalue weighted by Crippen LogP contribution is 2.21. The largest absolute Gasteiger partial charge is 0.491 e. The number of benzene rings is 2. The van der Waals surface area contributed by atoms with Crippen molar-refractivity contribution in [3.05, 3.63) is 58.8 Å². The lowest BCUT2D eigenvalue weighted by Crippen LogP contribution is -2.50. The number of nitrogens with zero attached hydrogens (tertiary/aromatic N) is 2. The van der Waals surface area contributed by atoms with Gasteiger partial charge >= 0.3 is 0 Å². The molecule has 1 heterocycles. The first-order valence-electron chi connectivity index (χ1n) is 8.89. The van der Waals surface area contributed by atoms with Crippen molar-refractivity contribution in [3.8, 4) is 5.75 Å². The molecule has 1 fully saturated rings. The molecular weight excluding hydrogens is 451 g/mol. The van der Waals surface area contributed by atoms with Crippen LogP contribution in [0.1, 0.15) is 0 Å². The minimum absolute atomic E-state index is 0.0855. The van der Waals surface area contributed by atoms with Crippen molar-refractivity contribution in [2.24, 2.45) is 0 Å². The number of β-amino-alcohol motifs (C(OH)–C–C–N with tert-alkyl or cyclic N) is 1. The summed E-state index contributed by atoms with van der Waals surface area (Å²) in [7, 11) is -3.53. The van der Waals surface area contributed by atoms with E-state index >= 15 is 0 Å². The summed E-state index contributed by atoms with van der Waals surface area (Å²) >= 11 is 3.30. The molecule has 1 aliphatic rings. The maximum absolute atomic E-state index is 12.9. The number of rotatable bonds is 7. The van der Waals surface area contributed by atoms with Gasteiger partial charge < -0.3 is 9.84 Å². The van der Waals surface area contributed by atoms with Crippen LogP contribution in [0.2, 0.25) is 0 Å². The fraction of sp³-hybridized carbons (Fsp3) is 0.368. The number of aliphatic hydroxyl groups is 1. The van der Waals surface area contributed by atoms with Gasteiger partial charge in [-0.3, -0.25) is 4.90 Å². The molecule has 28 heavy (non-hydrogen) atoms. The number of ether oxygens (including phenoxy) is 1. The third-order valence-corrected chi connectivity index (χ3v) is 6.88. The smallest absolute Gasteiger partial charge is 0.243 e. The topological polar surface area (TPSA) is 70.1 Å². The Hall–Kier alpha value is -1.52. The van der Waals surface area contributed by atoms with Gasteiger partial charge in [0.1, 0.15) is 24.3 Å². The molecule has 2 aromatic rings. The Bertz CT molecular complexity index is 887. The van der Waals surface area contributed by atoms with Crippen molar-refractivity contribution in [2.75, 3.05) is 39.3 Å². The average Bonchev–Trinajstić information content (AvgIpc) is 2.68. The van der Waals surface area contributed by atoms with Gasteiger partial charge in [0.15, 0.2) is 0 Å². The summed E-state index contributed by atoms with van der Waals surface area (Å²) < 4.78 is 46.0. The number of aliphatic hydroxyl groups excluding tert-OH is 1. The zero-order chi connectivity index (χ0) is 20.1. The number of hydrogen-bond acceptors (Lipinski definition) is 5. The van der Waals surface area contributed by atoms with E-state index in [1.165, 1.54) is 28.6 Å². The zero-order valence-electron chi connectivity index (χ0n) is 15.2. The molecule has 0 saturated carbocycles. The molecule has 9 heteroatoms. The van der Waals surface area contributed by atoms with Crippen molar-refractivity contribution in [2.45, 2.75) is 11.0 Å². The average molecular weight is 473 g/mol. The van der Waals surface area contributed by atoms with E-state index in [0.717, 1.165) is 4.47 Å². The van der Waals surface area contributed by atoms with E-state index in [-0.39, 0.29) is 17.3 Å². The Labute approximate surface area is 172 Å². The summed E-state index contributed by atoms with van der Waals surface area (Å²) in [5, 5.41) is 10.2. The van der Waals surface area contributed by atoms with Crippen molar-refractivity contribution in [3.63, 3.8) is 0 Å². The predicted octanol–water partition coefficient (Wildman–Crippen LogP) is 2.33. The van der Waals surface area contributed by atoms with Gasteiger partial charge in [-0.05, 0) is 42.5 Å². The van der Waals surface area contributed by atoms with Gasteiger partial charge in [-0.1, -0.05) is 22.0 Å². The van der Waals surface area contributed by atoms with Gasteiger partial charge in [0.25, 0.3) is 0 Å². The lowest BCUT2D eigenvalue weighted by atomic mass is 10.3. The summed E-state index contributed by atoms with van der Waals surface area (Å²) in [5.74, 6) is 0.147. The maximum atomic E-state index is 12.9. The molecule has 0 amide bonds. The van der Waals surface area contributed by atoms with Gasteiger partial charge in [0.05, 0.1) is 4.90 Å². The van der Waals surface area contributed by atoms with E-state index in [1.54, 1.807) is 24.3 Å². The third-order valence-electron chi connectivity index (χ3n) is 4.49. The van der Waals surface area contributed by atoms with Crippen LogP contribution in [0.4, 0.5) is 4.39 Å². The first kappa shape index (κ1) is 21.2. The van der Waals surface area contributed by atoms with E-state index in [1.807, 2.05) is 4.90 Å². The summed E-state index contributed by atoms with van der Waals surface area (Å²) in [6.07, 6.45) is -0.724. The molecule has 6 nitrogen and oxygen atoms in total. The Morgan fingerprint density at radius 2 is 1.79 bits per heavy atom. The quantitative estimate of drug-likeness (QED) is 0.669. The first-order chi connectivity index (χ1) is 13.3. The highest BCUT2D eigenvalue weighted by Gasteiger charge is 2.29. The van der Waals surface area contributed by atoms with Crippen molar-refractivity contribution in [1.29, 1.82) is 0 Å². The van der Waals surface area contributed by atoms with Crippen LogP contribution in [-0.4, -0.2) is 68.2 Å². The van der Waals surface area contributed by atoms with Crippen LogP contribution in [-0.2, 0) is 10.0 Å². The summed E-state index contributed by atoms with van der Waals surface area (Å²) in [6.45, 7) is 2.25. The molecular formula is C19H22BrFN2O4S. The Kier molecular flexibility index (Phi) is 7.05. The second-order valence-corrected chi connectivity index (χ2v) is 9.43. The third kappa shape index (κ3) is 5.51. The fourth-order valence-corrected chi connectivity index (χ4v) is 5.02. The maximum Gasteiger partial charge on any atom is 0.243 e. The number of sulfonamides is 1. The van der Waals surface area contributed by atoms with Crippen LogP contribution in [0.25, 0.3) is 0 Å². The monoisotopic (exact) mass is 472 g/mol. The van der Waals surface area contributed by atoms with Gasteiger partial charge in [-0.2, -0.15) is 4.31 Å². The van der Waals surface area contributed by atoms with Crippen LogP contribution >= 0.6 is 15.9 Å². The number of piperazine rings is 1. The molecule has 1 saturated heterocycles. The highest BCUT2D eigenvalue weighted by molar-refractivity contribution is 9.10. The molecule has 3 rings (SSSR count). The van der Waals surface area contributed by atoms with Crippen LogP contribution < -0.4 is 4.74 Å². The minimum atomic E-state index is -3.53. The van der Waals surface area contributed by atoms with Crippen LogP contribution in [0, 0.1) is 5.82 Å². The van der Waals surface area contributed by atoms with Crippen molar-refractivity contribution in [1.82, 2.24) is 9.21 Å². The van der Waals surface area contributed by atoms with Crippen LogP contribution in [0.15, 0.2) is 57.9 Å². The molecule has 1 N–H and O–H groups in total. The second-order valence-electron chi connectivity index (χ2n) is 6.58. The number of halogens is 2. The Balaban J connectivity index is 1.47. The lowest BCUT2D eigenvalue weighted by molar-refractivity contribution is 0.0569. The van der Waals surface area contributed by atoms with Crippen molar-refractivity contribution < 1.29 is 22.7 Å². The van der Waals surface area contributed by atoms with E-state index < -0.39 is 16.1 Å². The minimum Gasteiger partial charge on any atom is -0.491 e. The molecule has 0 bridgehead atoms. The number of hydrogen-bond donors (Lipinski definition) is 1. The highest BCUT2D eigenvalue weighted by atomic mass is 79.9. The molecule has 0 radical (unpaired) electrons. The van der Waals surface area contributed by atoms with E-state index in [0.29, 0.717) is 38.5 Å².